The minimum absolute atomic E-state index is 0.0777. The Bertz CT molecular complexity index is 644. The van der Waals surface area contributed by atoms with Gasteiger partial charge < -0.3 is 0 Å². The monoisotopic (exact) mass is 248 g/mol. The summed E-state index contributed by atoms with van der Waals surface area (Å²) in [5.41, 5.74) is 0.513. The predicted molar refractivity (Wildman–Crippen MR) is 70.4 cm³/mol. The Hall–Kier alpha value is -1.71. The van der Waals surface area contributed by atoms with Crippen molar-refractivity contribution in [2.75, 3.05) is 0 Å². The molecular formula is C14H17FN2O. The van der Waals surface area contributed by atoms with Crippen LogP contribution in [0.3, 0.4) is 0 Å². The zero-order valence-electron chi connectivity index (χ0n) is 11.1. The lowest BCUT2D eigenvalue weighted by atomic mass is 10.0. The van der Waals surface area contributed by atoms with Crippen molar-refractivity contribution in [1.82, 2.24) is 9.78 Å². The lowest BCUT2D eigenvalue weighted by Crippen LogP contribution is -2.25. The minimum Gasteiger partial charge on any atom is -0.267 e. The maximum Gasteiger partial charge on any atom is 0.277 e. The van der Waals surface area contributed by atoms with Gasteiger partial charge >= 0.3 is 0 Å². The van der Waals surface area contributed by atoms with Crippen LogP contribution in [0.15, 0.2) is 23.1 Å². The lowest BCUT2D eigenvalue weighted by Gasteiger charge is -2.11. The van der Waals surface area contributed by atoms with Crippen LogP contribution in [0.1, 0.15) is 45.2 Å². The Morgan fingerprint density at radius 2 is 1.89 bits per heavy atom. The molecule has 1 heterocycles. The summed E-state index contributed by atoms with van der Waals surface area (Å²) in [5.74, 6) is -0.241. The predicted octanol–water partition coefficient (Wildman–Crippen LogP) is 3.24. The molecule has 0 N–H and O–H groups in total. The molecule has 2 rings (SSSR count). The molecule has 2 aromatic rings. The number of halogens is 1. The van der Waals surface area contributed by atoms with E-state index in [-0.39, 0.29) is 22.9 Å². The first-order chi connectivity index (χ1) is 8.41. The van der Waals surface area contributed by atoms with E-state index < -0.39 is 5.82 Å². The van der Waals surface area contributed by atoms with E-state index >= 15 is 0 Å². The van der Waals surface area contributed by atoms with Crippen LogP contribution in [0.5, 0.6) is 0 Å². The molecular weight excluding hydrogens is 231 g/mol. The van der Waals surface area contributed by atoms with Gasteiger partial charge in [-0.25, -0.2) is 9.07 Å². The molecule has 0 bridgehead atoms. The summed E-state index contributed by atoms with van der Waals surface area (Å²) in [4.78, 5) is 12.1. The fourth-order valence-corrected chi connectivity index (χ4v) is 1.97. The van der Waals surface area contributed by atoms with Gasteiger partial charge in [0.1, 0.15) is 5.82 Å². The fourth-order valence-electron chi connectivity index (χ4n) is 1.97. The molecule has 1 aromatic carbocycles. The van der Waals surface area contributed by atoms with E-state index in [0.717, 1.165) is 5.56 Å². The Balaban J connectivity index is 2.80. The average molecular weight is 248 g/mol. The SMILES string of the molecule is CC(C)c1cc(F)c2c(=O)n(C(C)C)ncc2c1. The van der Waals surface area contributed by atoms with Crippen LogP contribution in [0.4, 0.5) is 4.39 Å². The van der Waals surface area contributed by atoms with E-state index in [1.54, 1.807) is 6.20 Å². The van der Waals surface area contributed by atoms with Crippen molar-refractivity contribution in [3.8, 4) is 0 Å². The first kappa shape index (κ1) is 12.7. The van der Waals surface area contributed by atoms with E-state index in [2.05, 4.69) is 5.10 Å². The van der Waals surface area contributed by atoms with Crippen molar-refractivity contribution in [2.45, 2.75) is 39.7 Å². The Labute approximate surface area is 105 Å². The van der Waals surface area contributed by atoms with Crippen LogP contribution in [-0.4, -0.2) is 9.78 Å². The van der Waals surface area contributed by atoms with E-state index in [0.29, 0.717) is 5.39 Å². The Morgan fingerprint density at radius 3 is 2.44 bits per heavy atom. The molecule has 0 aliphatic carbocycles. The normalized spacial score (nSPS) is 11.7. The highest BCUT2D eigenvalue weighted by molar-refractivity contribution is 5.82. The molecule has 96 valence electrons. The van der Waals surface area contributed by atoms with Crippen LogP contribution in [0.2, 0.25) is 0 Å². The number of hydrogen-bond donors (Lipinski definition) is 0. The standard InChI is InChI=1S/C14H17FN2O/c1-8(2)10-5-11-7-16-17(9(3)4)14(18)13(11)12(15)6-10/h5-9H,1-4H3. The molecule has 0 amide bonds. The van der Waals surface area contributed by atoms with Gasteiger partial charge in [-0.15, -0.1) is 0 Å². The van der Waals surface area contributed by atoms with Crippen molar-refractivity contribution < 1.29 is 4.39 Å². The maximum atomic E-state index is 14.1. The van der Waals surface area contributed by atoms with Gasteiger partial charge in [-0.05, 0) is 37.5 Å². The maximum absolute atomic E-state index is 14.1. The lowest BCUT2D eigenvalue weighted by molar-refractivity contribution is 0.505. The number of aromatic nitrogens is 2. The molecule has 0 fully saturated rings. The van der Waals surface area contributed by atoms with Crippen molar-refractivity contribution >= 4 is 10.8 Å². The van der Waals surface area contributed by atoms with Gasteiger partial charge in [0.25, 0.3) is 5.56 Å². The highest BCUT2D eigenvalue weighted by Crippen LogP contribution is 2.22. The summed E-state index contributed by atoms with van der Waals surface area (Å²) in [7, 11) is 0. The quantitative estimate of drug-likeness (QED) is 0.817. The largest absolute Gasteiger partial charge is 0.277 e. The Kier molecular flexibility index (Phi) is 3.20. The number of benzene rings is 1. The molecule has 3 nitrogen and oxygen atoms in total. The third-order valence-electron chi connectivity index (χ3n) is 3.04. The topological polar surface area (TPSA) is 34.9 Å². The molecule has 0 saturated carbocycles. The molecule has 0 aliphatic rings. The summed E-state index contributed by atoms with van der Waals surface area (Å²) < 4.78 is 15.4. The third-order valence-corrected chi connectivity index (χ3v) is 3.04. The van der Waals surface area contributed by atoms with Crippen molar-refractivity contribution in [3.63, 3.8) is 0 Å². The number of fused-ring (bicyclic) bond motifs is 1. The first-order valence-electron chi connectivity index (χ1n) is 6.12. The van der Waals surface area contributed by atoms with E-state index in [4.69, 9.17) is 0 Å². The van der Waals surface area contributed by atoms with Gasteiger partial charge in [-0.2, -0.15) is 5.10 Å². The van der Waals surface area contributed by atoms with Gasteiger partial charge in [0.15, 0.2) is 0 Å². The van der Waals surface area contributed by atoms with Crippen LogP contribution in [0.25, 0.3) is 10.8 Å². The minimum atomic E-state index is -0.460. The first-order valence-corrected chi connectivity index (χ1v) is 6.12. The molecule has 18 heavy (non-hydrogen) atoms. The summed E-state index contributed by atoms with van der Waals surface area (Å²) in [5, 5.41) is 4.78. The van der Waals surface area contributed by atoms with Crippen molar-refractivity contribution in [3.05, 3.63) is 40.1 Å². The third kappa shape index (κ3) is 2.03. The zero-order valence-corrected chi connectivity index (χ0v) is 11.1. The summed E-state index contributed by atoms with van der Waals surface area (Å²) >= 11 is 0. The molecule has 0 atom stereocenters. The fraction of sp³-hybridized carbons (Fsp3) is 0.429. The van der Waals surface area contributed by atoms with Gasteiger partial charge in [0.2, 0.25) is 0 Å². The molecule has 4 heteroatoms. The second-order valence-electron chi connectivity index (χ2n) is 5.11. The molecule has 0 aliphatic heterocycles. The summed E-state index contributed by atoms with van der Waals surface area (Å²) in [6.45, 7) is 7.67. The van der Waals surface area contributed by atoms with Crippen LogP contribution in [0, 0.1) is 5.82 Å². The highest BCUT2D eigenvalue weighted by atomic mass is 19.1. The summed E-state index contributed by atoms with van der Waals surface area (Å²) in [6, 6.07) is 3.20. The summed E-state index contributed by atoms with van der Waals surface area (Å²) in [6.07, 6.45) is 1.56. The second-order valence-corrected chi connectivity index (χ2v) is 5.11. The number of rotatable bonds is 2. The Morgan fingerprint density at radius 1 is 1.22 bits per heavy atom. The van der Waals surface area contributed by atoms with Crippen LogP contribution in [-0.2, 0) is 0 Å². The molecule has 0 radical (unpaired) electrons. The molecule has 0 spiro atoms. The van der Waals surface area contributed by atoms with Crippen molar-refractivity contribution in [1.29, 1.82) is 0 Å². The zero-order chi connectivity index (χ0) is 13.4. The van der Waals surface area contributed by atoms with Gasteiger partial charge in [0.05, 0.1) is 17.6 Å². The number of nitrogens with zero attached hydrogens (tertiary/aromatic N) is 2. The van der Waals surface area contributed by atoms with E-state index in [9.17, 15) is 9.18 Å². The molecule has 0 saturated heterocycles. The molecule has 1 aromatic heterocycles. The molecule has 0 unspecified atom stereocenters. The van der Waals surface area contributed by atoms with Gasteiger partial charge in [-0.1, -0.05) is 13.8 Å². The smallest absolute Gasteiger partial charge is 0.267 e. The second kappa shape index (κ2) is 4.52. The van der Waals surface area contributed by atoms with Crippen molar-refractivity contribution in [2.24, 2.45) is 0 Å². The highest BCUT2D eigenvalue weighted by Gasteiger charge is 2.13. The van der Waals surface area contributed by atoms with Gasteiger partial charge in [0, 0.05) is 5.39 Å². The van der Waals surface area contributed by atoms with E-state index in [1.165, 1.54) is 10.7 Å². The van der Waals surface area contributed by atoms with Crippen LogP contribution >= 0.6 is 0 Å². The van der Waals surface area contributed by atoms with E-state index in [1.807, 2.05) is 33.8 Å². The van der Waals surface area contributed by atoms with Crippen LogP contribution < -0.4 is 5.56 Å². The van der Waals surface area contributed by atoms with Gasteiger partial charge in [-0.3, -0.25) is 4.79 Å². The number of hydrogen-bond acceptors (Lipinski definition) is 2. The average Bonchev–Trinajstić information content (AvgIpc) is 2.27.